The van der Waals surface area contributed by atoms with Crippen LogP contribution in [-0.2, 0) is 11.3 Å². The van der Waals surface area contributed by atoms with E-state index in [2.05, 4.69) is 20.9 Å². The molecule has 2 aromatic rings. The lowest BCUT2D eigenvalue weighted by Gasteiger charge is -2.00. The largest absolute Gasteiger partial charge is 0.477 e. The summed E-state index contributed by atoms with van der Waals surface area (Å²) in [6.45, 7) is 0.163. The lowest BCUT2D eigenvalue weighted by molar-refractivity contribution is 0.0697. The fourth-order valence-electron chi connectivity index (χ4n) is 1.53. The number of ether oxygens (including phenoxy) is 1. The first-order valence-corrected chi connectivity index (χ1v) is 7.19. The number of methoxy groups -OCH3 is 1. The molecule has 0 saturated carbocycles. The molecule has 0 unspecified atom stereocenters. The molecule has 0 aliphatic heterocycles. The molecule has 0 atom stereocenters. The predicted octanol–water partition coefficient (Wildman–Crippen LogP) is 4.07. The van der Waals surface area contributed by atoms with Crippen LogP contribution >= 0.6 is 38.9 Å². The third kappa shape index (κ3) is 3.14. The van der Waals surface area contributed by atoms with Crippen molar-refractivity contribution >= 4 is 44.8 Å². The van der Waals surface area contributed by atoms with Crippen molar-refractivity contribution in [2.45, 2.75) is 6.61 Å². The number of carboxylic acids is 1. The Bertz CT molecular complexity index is 629. The summed E-state index contributed by atoms with van der Waals surface area (Å²) in [5.74, 6) is -1.01. The molecule has 0 radical (unpaired) electrons. The summed E-state index contributed by atoms with van der Waals surface area (Å²) < 4.78 is 5.78. The topological polar surface area (TPSA) is 59.4 Å². The minimum Gasteiger partial charge on any atom is -0.477 e. The van der Waals surface area contributed by atoms with Crippen molar-refractivity contribution in [3.05, 3.63) is 38.3 Å². The van der Waals surface area contributed by atoms with E-state index < -0.39 is 5.97 Å². The highest BCUT2D eigenvalue weighted by atomic mass is 79.9. The van der Waals surface area contributed by atoms with E-state index in [0.29, 0.717) is 15.7 Å². The van der Waals surface area contributed by atoms with Crippen LogP contribution in [0.1, 0.15) is 15.4 Å². The summed E-state index contributed by atoms with van der Waals surface area (Å²) in [4.78, 5) is 15.7. The van der Waals surface area contributed by atoms with Crippen LogP contribution in [0.4, 0.5) is 0 Å². The molecular weight excluding hydrogens is 354 g/mol. The second-order valence-corrected chi connectivity index (χ2v) is 5.95. The van der Waals surface area contributed by atoms with Gasteiger partial charge in [-0.15, -0.1) is 11.3 Å². The smallest absolute Gasteiger partial charge is 0.347 e. The van der Waals surface area contributed by atoms with E-state index in [1.54, 1.807) is 18.2 Å². The number of carbonyl (C=O) groups is 1. The summed E-state index contributed by atoms with van der Waals surface area (Å²) in [7, 11) is 1.50. The highest BCUT2D eigenvalue weighted by Gasteiger charge is 2.19. The van der Waals surface area contributed by atoms with Crippen molar-refractivity contribution < 1.29 is 14.6 Å². The number of hydrogen-bond acceptors (Lipinski definition) is 4. The molecule has 1 aromatic carbocycles. The summed E-state index contributed by atoms with van der Waals surface area (Å²) in [5.41, 5.74) is 1.18. The van der Waals surface area contributed by atoms with Gasteiger partial charge in [0.2, 0.25) is 0 Å². The summed E-state index contributed by atoms with van der Waals surface area (Å²) in [6, 6.07) is 5.29. The maximum Gasteiger partial charge on any atom is 0.347 e. The summed E-state index contributed by atoms with van der Waals surface area (Å²) in [5, 5.41) is 10.3. The molecule has 19 heavy (non-hydrogen) atoms. The zero-order valence-electron chi connectivity index (χ0n) is 9.81. The van der Waals surface area contributed by atoms with Crippen LogP contribution in [0.2, 0.25) is 5.02 Å². The highest BCUT2D eigenvalue weighted by Crippen LogP contribution is 2.35. The van der Waals surface area contributed by atoms with E-state index in [0.717, 1.165) is 21.4 Å². The van der Waals surface area contributed by atoms with Gasteiger partial charge in [0.05, 0.1) is 12.3 Å². The van der Waals surface area contributed by atoms with Gasteiger partial charge in [-0.25, -0.2) is 9.78 Å². The van der Waals surface area contributed by atoms with Crippen molar-refractivity contribution in [1.29, 1.82) is 0 Å². The minimum absolute atomic E-state index is 0.163. The molecule has 0 saturated heterocycles. The van der Waals surface area contributed by atoms with Crippen molar-refractivity contribution in [2.24, 2.45) is 0 Å². The number of aromatic nitrogens is 1. The SMILES string of the molecule is COCc1nc(-c2cc(Cl)ccc2Br)sc1C(=O)O. The minimum atomic E-state index is -1.01. The van der Waals surface area contributed by atoms with E-state index in [-0.39, 0.29) is 11.5 Å². The van der Waals surface area contributed by atoms with E-state index >= 15 is 0 Å². The molecule has 0 spiro atoms. The lowest BCUT2D eigenvalue weighted by atomic mass is 10.2. The number of thiazole rings is 1. The molecule has 0 fully saturated rings. The van der Waals surface area contributed by atoms with Crippen LogP contribution in [-0.4, -0.2) is 23.2 Å². The highest BCUT2D eigenvalue weighted by molar-refractivity contribution is 9.10. The number of hydrogen-bond donors (Lipinski definition) is 1. The van der Waals surface area contributed by atoms with Gasteiger partial charge in [-0.2, -0.15) is 0 Å². The number of carboxylic acid groups (broad SMARTS) is 1. The zero-order chi connectivity index (χ0) is 14.0. The summed E-state index contributed by atoms with van der Waals surface area (Å²) in [6.07, 6.45) is 0. The van der Waals surface area contributed by atoms with Crippen LogP contribution in [0.15, 0.2) is 22.7 Å². The van der Waals surface area contributed by atoms with Crippen LogP contribution in [0.5, 0.6) is 0 Å². The van der Waals surface area contributed by atoms with Crippen molar-refractivity contribution in [3.63, 3.8) is 0 Å². The van der Waals surface area contributed by atoms with Gasteiger partial charge in [0.25, 0.3) is 0 Å². The molecule has 0 amide bonds. The zero-order valence-corrected chi connectivity index (χ0v) is 13.0. The monoisotopic (exact) mass is 361 g/mol. The Morgan fingerprint density at radius 2 is 2.32 bits per heavy atom. The van der Waals surface area contributed by atoms with Gasteiger partial charge in [-0.3, -0.25) is 0 Å². The van der Waals surface area contributed by atoms with Crippen molar-refractivity contribution in [2.75, 3.05) is 7.11 Å². The molecule has 4 nitrogen and oxygen atoms in total. The number of benzene rings is 1. The van der Waals surface area contributed by atoms with Crippen LogP contribution in [0.3, 0.4) is 0 Å². The average molecular weight is 363 g/mol. The molecule has 100 valence electrons. The second-order valence-electron chi connectivity index (χ2n) is 3.66. The molecule has 1 aromatic heterocycles. The van der Waals surface area contributed by atoms with Crippen LogP contribution in [0.25, 0.3) is 10.6 Å². The molecule has 0 aliphatic carbocycles. The molecule has 2 rings (SSSR count). The van der Waals surface area contributed by atoms with E-state index in [1.807, 2.05) is 0 Å². The average Bonchev–Trinajstić information content (AvgIpc) is 2.77. The Balaban J connectivity index is 2.53. The third-order valence-electron chi connectivity index (χ3n) is 2.33. The van der Waals surface area contributed by atoms with Gasteiger partial charge in [-0.1, -0.05) is 27.5 Å². The molecule has 1 heterocycles. The number of rotatable bonds is 4. The quantitative estimate of drug-likeness (QED) is 0.890. The molecular formula is C12H9BrClNO3S. The lowest BCUT2D eigenvalue weighted by Crippen LogP contribution is -1.99. The predicted molar refractivity (Wildman–Crippen MR) is 77.9 cm³/mol. The molecule has 0 bridgehead atoms. The fourth-order valence-corrected chi connectivity index (χ4v) is 3.21. The molecule has 7 heteroatoms. The molecule has 0 aliphatic rings. The Labute approximate surface area is 127 Å². The first kappa shape index (κ1) is 14.5. The van der Waals surface area contributed by atoms with Gasteiger partial charge in [0, 0.05) is 22.2 Å². The van der Waals surface area contributed by atoms with Gasteiger partial charge in [0.1, 0.15) is 9.88 Å². The van der Waals surface area contributed by atoms with Crippen LogP contribution < -0.4 is 0 Å². The Kier molecular flexibility index (Phi) is 4.57. The van der Waals surface area contributed by atoms with E-state index in [9.17, 15) is 4.79 Å². The standard InChI is InChI=1S/C12H9BrClNO3S/c1-18-5-9-10(12(16)17)19-11(15-9)7-4-6(14)2-3-8(7)13/h2-4H,5H2,1H3,(H,16,17). The van der Waals surface area contributed by atoms with E-state index in [4.69, 9.17) is 21.4 Å². The fraction of sp³-hybridized carbons (Fsp3) is 0.167. The van der Waals surface area contributed by atoms with Gasteiger partial charge >= 0.3 is 5.97 Å². The Morgan fingerprint density at radius 3 is 2.95 bits per heavy atom. The van der Waals surface area contributed by atoms with Gasteiger partial charge in [-0.05, 0) is 18.2 Å². The normalized spacial score (nSPS) is 10.7. The first-order chi connectivity index (χ1) is 9.02. The maximum atomic E-state index is 11.2. The Hall–Kier alpha value is -0.950. The maximum absolute atomic E-state index is 11.2. The first-order valence-electron chi connectivity index (χ1n) is 5.20. The summed E-state index contributed by atoms with van der Waals surface area (Å²) >= 11 is 10.5. The number of halogens is 2. The second kappa shape index (κ2) is 6.00. The molecule has 1 N–H and O–H groups in total. The van der Waals surface area contributed by atoms with Gasteiger partial charge < -0.3 is 9.84 Å². The van der Waals surface area contributed by atoms with Crippen LogP contribution in [0, 0.1) is 0 Å². The van der Waals surface area contributed by atoms with Gasteiger partial charge in [0.15, 0.2) is 0 Å². The third-order valence-corrected chi connectivity index (χ3v) is 4.38. The number of nitrogens with zero attached hydrogens (tertiary/aromatic N) is 1. The van der Waals surface area contributed by atoms with Crippen molar-refractivity contribution in [3.8, 4) is 10.6 Å². The Morgan fingerprint density at radius 1 is 1.58 bits per heavy atom. The van der Waals surface area contributed by atoms with Crippen molar-refractivity contribution in [1.82, 2.24) is 4.98 Å². The number of aromatic carboxylic acids is 1. The van der Waals surface area contributed by atoms with E-state index in [1.165, 1.54) is 7.11 Å².